The molecule has 112 valence electrons. The van der Waals surface area contributed by atoms with Crippen molar-refractivity contribution in [2.45, 2.75) is 44.0 Å². The second kappa shape index (κ2) is 5.17. The van der Waals surface area contributed by atoms with Gasteiger partial charge in [0.15, 0.2) is 0 Å². The summed E-state index contributed by atoms with van der Waals surface area (Å²) in [5.41, 5.74) is 1.02. The number of aliphatic carboxylic acids is 1. The zero-order valence-electron chi connectivity index (χ0n) is 11.8. The maximum Gasteiger partial charge on any atom is 0.306 e. The summed E-state index contributed by atoms with van der Waals surface area (Å²) in [6.45, 7) is 3.35. The van der Waals surface area contributed by atoms with Gasteiger partial charge >= 0.3 is 5.97 Å². The van der Waals surface area contributed by atoms with Crippen LogP contribution in [0.4, 0.5) is 0 Å². The molecule has 8 heteroatoms. The number of sulfonamides is 1. The van der Waals surface area contributed by atoms with E-state index in [9.17, 15) is 13.2 Å². The number of aromatic nitrogens is 2. The van der Waals surface area contributed by atoms with E-state index in [1.165, 1.54) is 4.68 Å². The highest BCUT2D eigenvalue weighted by molar-refractivity contribution is 7.89. The van der Waals surface area contributed by atoms with Gasteiger partial charge in [-0.25, -0.2) is 13.1 Å². The Morgan fingerprint density at radius 3 is 2.50 bits per heavy atom. The van der Waals surface area contributed by atoms with Crippen LogP contribution in [-0.4, -0.2) is 35.3 Å². The molecule has 1 aromatic rings. The van der Waals surface area contributed by atoms with Gasteiger partial charge in [0.05, 0.1) is 17.3 Å². The van der Waals surface area contributed by atoms with E-state index >= 15 is 0 Å². The van der Waals surface area contributed by atoms with Crippen molar-refractivity contribution in [1.29, 1.82) is 0 Å². The quantitative estimate of drug-likeness (QED) is 0.846. The summed E-state index contributed by atoms with van der Waals surface area (Å²) in [5.74, 6) is -1.32. The average Bonchev–Trinajstić information content (AvgIpc) is 2.84. The van der Waals surface area contributed by atoms with Crippen LogP contribution in [-0.2, 0) is 21.9 Å². The maximum atomic E-state index is 12.4. The molecule has 1 heterocycles. The molecular formula is C12H19N3O4S. The SMILES string of the molecule is Cc1nn(C)c(C)c1S(=O)(=O)NC1CCC(C(=O)O)C1. The summed E-state index contributed by atoms with van der Waals surface area (Å²) < 4.78 is 28.9. The van der Waals surface area contributed by atoms with Gasteiger partial charge in [0.1, 0.15) is 4.90 Å². The van der Waals surface area contributed by atoms with E-state index in [1.807, 2.05) is 0 Å². The van der Waals surface area contributed by atoms with Gasteiger partial charge in [0, 0.05) is 13.1 Å². The Bertz CT molecular complexity index is 635. The summed E-state index contributed by atoms with van der Waals surface area (Å²) in [6, 6.07) is -0.319. The lowest BCUT2D eigenvalue weighted by molar-refractivity contribution is -0.141. The van der Waals surface area contributed by atoms with Crippen molar-refractivity contribution in [3.8, 4) is 0 Å². The lowest BCUT2D eigenvalue weighted by atomic mass is 10.1. The molecule has 0 radical (unpaired) electrons. The predicted octanol–water partition coefficient (Wildman–Crippen LogP) is 0.569. The fourth-order valence-electron chi connectivity index (χ4n) is 2.73. The molecule has 0 spiro atoms. The lowest BCUT2D eigenvalue weighted by Crippen LogP contribution is -2.34. The van der Waals surface area contributed by atoms with Crippen LogP contribution in [0.3, 0.4) is 0 Å². The topological polar surface area (TPSA) is 101 Å². The molecule has 0 saturated heterocycles. The zero-order chi connectivity index (χ0) is 15.1. The highest BCUT2D eigenvalue weighted by atomic mass is 32.2. The maximum absolute atomic E-state index is 12.4. The third kappa shape index (κ3) is 2.71. The largest absolute Gasteiger partial charge is 0.481 e. The Morgan fingerprint density at radius 2 is 2.05 bits per heavy atom. The Kier molecular flexibility index (Phi) is 3.88. The van der Waals surface area contributed by atoms with Gasteiger partial charge in [-0.2, -0.15) is 5.10 Å². The number of hydrogen-bond acceptors (Lipinski definition) is 4. The number of rotatable bonds is 4. The molecule has 0 aromatic carbocycles. The molecule has 2 atom stereocenters. The zero-order valence-corrected chi connectivity index (χ0v) is 12.6. The Balaban J connectivity index is 2.19. The van der Waals surface area contributed by atoms with Crippen LogP contribution in [0.2, 0.25) is 0 Å². The van der Waals surface area contributed by atoms with E-state index in [1.54, 1.807) is 20.9 Å². The number of nitrogens with zero attached hydrogens (tertiary/aromatic N) is 2. The predicted molar refractivity (Wildman–Crippen MR) is 71.8 cm³/mol. The molecule has 1 fully saturated rings. The van der Waals surface area contributed by atoms with E-state index < -0.39 is 21.9 Å². The molecule has 2 N–H and O–H groups in total. The van der Waals surface area contributed by atoms with Gasteiger partial charge in [-0.1, -0.05) is 0 Å². The summed E-state index contributed by atoms with van der Waals surface area (Å²) in [7, 11) is -1.97. The van der Waals surface area contributed by atoms with Crippen LogP contribution in [0.15, 0.2) is 4.90 Å². The first-order valence-corrected chi connectivity index (χ1v) is 7.96. The molecule has 0 bridgehead atoms. The first-order valence-electron chi connectivity index (χ1n) is 6.47. The number of carboxylic acids is 1. The molecular weight excluding hydrogens is 282 g/mol. The highest BCUT2D eigenvalue weighted by Crippen LogP contribution is 2.28. The molecule has 2 unspecified atom stereocenters. The standard InChI is InChI=1S/C12H19N3O4S/c1-7-11(8(2)15(3)13-7)20(18,19)14-10-5-4-9(6-10)12(16)17/h9-10,14H,4-6H2,1-3H3,(H,16,17). The van der Waals surface area contributed by atoms with E-state index in [0.717, 1.165) is 0 Å². The fraction of sp³-hybridized carbons (Fsp3) is 0.667. The summed E-state index contributed by atoms with van der Waals surface area (Å²) in [4.78, 5) is 11.1. The highest BCUT2D eigenvalue weighted by Gasteiger charge is 2.34. The van der Waals surface area contributed by atoms with Gasteiger partial charge in [0.25, 0.3) is 0 Å². The van der Waals surface area contributed by atoms with Crippen LogP contribution in [0.5, 0.6) is 0 Å². The summed E-state index contributed by atoms with van der Waals surface area (Å²) in [6.07, 6.45) is 1.40. The normalized spacial score (nSPS) is 23.1. The summed E-state index contributed by atoms with van der Waals surface area (Å²) in [5, 5.41) is 13.0. The van der Waals surface area contributed by atoms with Crippen molar-refractivity contribution >= 4 is 16.0 Å². The molecule has 1 aromatic heterocycles. The number of carbonyl (C=O) groups is 1. The van der Waals surface area contributed by atoms with Gasteiger partial charge in [-0.15, -0.1) is 0 Å². The van der Waals surface area contributed by atoms with Crippen molar-refractivity contribution < 1.29 is 18.3 Å². The second-order valence-corrected chi connectivity index (χ2v) is 6.94. The first kappa shape index (κ1) is 15.0. The van der Waals surface area contributed by atoms with Crippen LogP contribution in [0.1, 0.15) is 30.7 Å². The molecule has 0 aliphatic heterocycles. The summed E-state index contributed by atoms with van der Waals surface area (Å²) >= 11 is 0. The molecule has 20 heavy (non-hydrogen) atoms. The van der Waals surface area contributed by atoms with E-state index in [2.05, 4.69) is 9.82 Å². The van der Waals surface area contributed by atoms with Gasteiger partial charge in [0.2, 0.25) is 10.0 Å². The van der Waals surface area contributed by atoms with Crippen molar-refractivity contribution in [1.82, 2.24) is 14.5 Å². The molecule has 1 aliphatic carbocycles. The minimum absolute atomic E-state index is 0.193. The molecule has 1 aliphatic rings. The first-order chi connectivity index (χ1) is 9.22. The van der Waals surface area contributed by atoms with Gasteiger partial charge in [-0.05, 0) is 33.1 Å². The fourth-order valence-corrected chi connectivity index (χ4v) is 4.46. The van der Waals surface area contributed by atoms with E-state index in [-0.39, 0.29) is 10.9 Å². The number of nitrogens with one attached hydrogen (secondary N) is 1. The molecule has 7 nitrogen and oxygen atoms in total. The van der Waals surface area contributed by atoms with Gasteiger partial charge in [-0.3, -0.25) is 9.48 Å². The third-order valence-electron chi connectivity index (χ3n) is 3.82. The smallest absolute Gasteiger partial charge is 0.306 e. The number of aryl methyl sites for hydroxylation is 2. The van der Waals surface area contributed by atoms with Crippen molar-refractivity contribution in [3.63, 3.8) is 0 Å². The monoisotopic (exact) mass is 301 g/mol. The minimum atomic E-state index is -3.66. The average molecular weight is 301 g/mol. The van der Waals surface area contributed by atoms with Crippen LogP contribution < -0.4 is 4.72 Å². The Hall–Kier alpha value is -1.41. The van der Waals surface area contributed by atoms with Gasteiger partial charge < -0.3 is 5.11 Å². The molecule has 0 amide bonds. The van der Waals surface area contributed by atoms with Crippen LogP contribution in [0, 0.1) is 19.8 Å². The lowest BCUT2D eigenvalue weighted by Gasteiger charge is -2.13. The van der Waals surface area contributed by atoms with E-state index in [0.29, 0.717) is 30.7 Å². The Morgan fingerprint density at radius 1 is 1.40 bits per heavy atom. The van der Waals surface area contributed by atoms with Crippen LogP contribution in [0.25, 0.3) is 0 Å². The molecule has 2 rings (SSSR count). The third-order valence-corrected chi connectivity index (χ3v) is 5.59. The molecule has 1 saturated carbocycles. The van der Waals surface area contributed by atoms with Crippen LogP contribution >= 0.6 is 0 Å². The number of carboxylic acid groups (broad SMARTS) is 1. The van der Waals surface area contributed by atoms with E-state index in [4.69, 9.17) is 5.11 Å². The second-order valence-electron chi connectivity index (χ2n) is 5.29. The number of hydrogen-bond donors (Lipinski definition) is 2. The Labute approximate surface area is 118 Å². The minimum Gasteiger partial charge on any atom is -0.481 e. The van der Waals surface area contributed by atoms with Crippen molar-refractivity contribution in [3.05, 3.63) is 11.4 Å². The van der Waals surface area contributed by atoms with Crippen molar-refractivity contribution in [2.24, 2.45) is 13.0 Å². The van der Waals surface area contributed by atoms with Crippen molar-refractivity contribution in [2.75, 3.05) is 0 Å².